The lowest BCUT2D eigenvalue weighted by Crippen LogP contribution is -2.17. The molecular weight excluding hydrogens is 242 g/mol. The third-order valence-electron chi connectivity index (χ3n) is 2.91. The Bertz CT molecular complexity index is 659. The van der Waals surface area contributed by atoms with E-state index in [2.05, 4.69) is 5.10 Å². The van der Waals surface area contributed by atoms with E-state index in [-0.39, 0.29) is 5.91 Å². The van der Waals surface area contributed by atoms with Gasteiger partial charge in [-0.2, -0.15) is 0 Å². The van der Waals surface area contributed by atoms with E-state index in [0.29, 0.717) is 11.6 Å². The van der Waals surface area contributed by atoms with Gasteiger partial charge in [-0.1, -0.05) is 30.3 Å². The van der Waals surface area contributed by atoms with Crippen LogP contribution in [0.5, 0.6) is 5.75 Å². The average molecular weight is 255 g/mol. The second-order valence-corrected chi connectivity index (χ2v) is 4.35. The van der Waals surface area contributed by atoms with Crippen molar-refractivity contribution in [3.05, 3.63) is 48.3 Å². The van der Waals surface area contributed by atoms with E-state index < -0.39 is 0 Å². The number of nitrogens with zero attached hydrogens (tertiary/aromatic N) is 3. The summed E-state index contributed by atoms with van der Waals surface area (Å²) >= 11 is 0. The zero-order chi connectivity index (χ0) is 13.4. The first-order chi connectivity index (χ1) is 9.15. The Balaban J connectivity index is 1.99. The molecule has 0 aliphatic carbocycles. The molecule has 0 saturated carbocycles. The van der Waals surface area contributed by atoms with E-state index in [1.165, 1.54) is 11.6 Å². The third kappa shape index (κ3) is 1.99. The zero-order valence-electron chi connectivity index (χ0n) is 10.7. The molecule has 0 spiro atoms. The smallest absolute Gasteiger partial charge is 0.243 e. The van der Waals surface area contributed by atoms with Crippen molar-refractivity contribution in [3.8, 4) is 5.75 Å². The summed E-state index contributed by atoms with van der Waals surface area (Å²) in [6.45, 7) is 1.46. The zero-order valence-corrected chi connectivity index (χ0v) is 10.7. The number of hydrogen-bond acceptors (Lipinski definition) is 4. The van der Waals surface area contributed by atoms with E-state index >= 15 is 0 Å². The maximum atomic E-state index is 11.3. The fraction of sp³-hybridized carbons (Fsp3) is 0.143. The highest BCUT2D eigenvalue weighted by Gasteiger charge is 2.22. The number of rotatable bonds is 1. The Morgan fingerprint density at radius 1 is 1.26 bits per heavy atom. The minimum absolute atomic E-state index is 0.146. The lowest BCUT2D eigenvalue weighted by atomic mass is 10.2. The molecule has 5 heteroatoms. The molecule has 1 aromatic carbocycles. The van der Waals surface area contributed by atoms with E-state index in [1.807, 2.05) is 48.5 Å². The highest BCUT2D eigenvalue weighted by Crippen LogP contribution is 2.34. The number of anilines is 1. The molecule has 3 rings (SSSR count). The van der Waals surface area contributed by atoms with Gasteiger partial charge < -0.3 is 9.64 Å². The Hall–Kier alpha value is -2.56. The van der Waals surface area contributed by atoms with Crippen LogP contribution in [0.1, 0.15) is 17.3 Å². The van der Waals surface area contributed by atoms with Gasteiger partial charge >= 0.3 is 0 Å². The van der Waals surface area contributed by atoms with Crippen molar-refractivity contribution >= 4 is 17.5 Å². The highest BCUT2D eigenvalue weighted by molar-refractivity contribution is 5.78. The molecule has 2 heterocycles. The monoisotopic (exact) mass is 255 g/mol. The van der Waals surface area contributed by atoms with Crippen LogP contribution < -0.4 is 9.64 Å². The highest BCUT2D eigenvalue weighted by atomic mass is 16.5. The molecule has 1 aromatic heterocycles. The first kappa shape index (κ1) is 11.5. The number of hydrogen-bond donors (Lipinski definition) is 0. The molecular formula is C14H13N3O2. The molecule has 0 radical (unpaired) electrons. The SMILES string of the molecule is CC(=O)n1cc2c(n1)N(C)C=C(c1ccccc1)O2. The molecule has 19 heavy (non-hydrogen) atoms. The number of aromatic nitrogens is 2. The van der Waals surface area contributed by atoms with Gasteiger partial charge in [-0.15, -0.1) is 5.10 Å². The largest absolute Gasteiger partial charge is 0.450 e. The molecule has 5 nitrogen and oxygen atoms in total. The molecule has 0 atom stereocenters. The van der Waals surface area contributed by atoms with Crippen molar-refractivity contribution in [1.29, 1.82) is 0 Å². The second kappa shape index (κ2) is 4.28. The van der Waals surface area contributed by atoms with Gasteiger partial charge in [0.15, 0.2) is 17.3 Å². The maximum Gasteiger partial charge on any atom is 0.243 e. The number of carbonyl (C=O) groups is 1. The van der Waals surface area contributed by atoms with Crippen LogP contribution in [0.3, 0.4) is 0 Å². The van der Waals surface area contributed by atoms with E-state index in [9.17, 15) is 4.79 Å². The van der Waals surface area contributed by atoms with E-state index in [4.69, 9.17) is 4.74 Å². The van der Waals surface area contributed by atoms with Crippen LogP contribution in [0.25, 0.3) is 5.76 Å². The van der Waals surface area contributed by atoms with Crippen molar-refractivity contribution < 1.29 is 9.53 Å². The average Bonchev–Trinajstić information content (AvgIpc) is 2.84. The Morgan fingerprint density at radius 2 is 2.00 bits per heavy atom. The lowest BCUT2D eigenvalue weighted by molar-refractivity contribution is 0.0921. The van der Waals surface area contributed by atoms with Gasteiger partial charge in [0, 0.05) is 25.7 Å². The van der Waals surface area contributed by atoms with E-state index in [1.54, 1.807) is 6.20 Å². The van der Waals surface area contributed by atoms with Gasteiger partial charge in [-0.05, 0) is 0 Å². The van der Waals surface area contributed by atoms with Crippen LogP contribution in [-0.4, -0.2) is 22.7 Å². The molecule has 0 amide bonds. The molecule has 1 aliphatic heterocycles. The van der Waals surface area contributed by atoms with Gasteiger partial charge in [-0.3, -0.25) is 4.79 Å². The van der Waals surface area contributed by atoms with Crippen LogP contribution in [0, 0.1) is 0 Å². The molecule has 0 bridgehead atoms. The summed E-state index contributed by atoms with van der Waals surface area (Å²) in [6.07, 6.45) is 3.46. The summed E-state index contributed by atoms with van der Waals surface area (Å²) in [5, 5.41) is 4.18. The van der Waals surface area contributed by atoms with Crippen LogP contribution in [0.15, 0.2) is 42.7 Å². The van der Waals surface area contributed by atoms with Crippen LogP contribution >= 0.6 is 0 Å². The van der Waals surface area contributed by atoms with Crippen molar-refractivity contribution in [3.63, 3.8) is 0 Å². The molecule has 0 fully saturated rings. The standard InChI is InChI=1S/C14H13N3O2/c1-10(18)17-9-13-14(15-17)16(2)8-12(19-13)11-6-4-3-5-7-11/h3-9H,1-2H3. The predicted octanol–water partition coefficient (Wildman–Crippen LogP) is 2.37. The fourth-order valence-corrected chi connectivity index (χ4v) is 1.94. The summed E-state index contributed by atoms with van der Waals surface area (Å²) in [5.74, 6) is 1.81. The summed E-state index contributed by atoms with van der Waals surface area (Å²) in [7, 11) is 1.88. The van der Waals surface area contributed by atoms with Crippen molar-refractivity contribution in [1.82, 2.24) is 9.78 Å². The Labute approximate surface area is 110 Å². The lowest BCUT2D eigenvalue weighted by Gasteiger charge is -2.21. The van der Waals surface area contributed by atoms with Gasteiger partial charge in [0.1, 0.15) is 0 Å². The number of ether oxygens (including phenoxy) is 1. The van der Waals surface area contributed by atoms with Crippen molar-refractivity contribution in [2.45, 2.75) is 6.92 Å². The Kier molecular flexibility index (Phi) is 2.59. The topological polar surface area (TPSA) is 47.4 Å². The molecule has 96 valence electrons. The third-order valence-corrected chi connectivity index (χ3v) is 2.91. The first-order valence-corrected chi connectivity index (χ1v) is 5.93. The summed E-state index contributed by atoms with van der Waals surface area (Å²) in [4.78, 5) is 13.2. The van der Waals surface area contributed by atoms with Gasteiger partial charge in [-0.25, -0.2) is 4.68 Å². The quantitative estimate of drug-likeness (QED) is 0.785. The van der Waals surface area contributed by atoms with Gasteiger partial charge in [0.05, 0.1) is 6.20 Å². The van der Waals surface area contributed by atoms with Gasteiger partial charge in [0.2, 0.25) is 5.91 Å². The summed E-state index contributed by atoms with van der Waals surface area (Å²) in [6, 6.07) is 9.80. The maximum absolute atomic E-state index is 11.3. The van der Waals surface area contributed by atoms with Crippen LogP contribution in [0.2, 0.25) is 0 Å². The minimum atomic E-state index is -0.146. The summed E-state index contributed by atoms with van der Waals surface area (Å²) < 4.78 is 7.08. The summed E-state index contributed by atoms with van der Waals surface area (Å²) in [5.41, 5.74) is 0.982. The molecule has 0 saturated heterocycles. The normalized spacial score (nSPS) is 13.6. The fourth-order valence-electron chi connectivity index (χ4n) is 1.94. The van der Waals surface area contributed by atoms with E-state index in [0.717, 1.165) is 11.3 Å². The van der Waals surface area contributed by atoms with Crippen LogP contribution in [-0.2, 0) is 0 Å². The van der Waals surface area contributed by atoms with Crippen molar-refractivity contribution in [2.75, 3.05) is 11.9 Å². The number of fused-ring (bicyclic) bond motifs is 1. The molecule has 0 unspecified atom stereocenters. The molecule has 2 aromatic rings. The minimum Gasteiger partial charge on any atom is -0.450 e. The van der Waals surface area contributed by atoms with Crippen molar-refractivity contribution in [2.24, 2.45) is 0 Å². The Morgan fingerprint density at radius 3 is 2.68 bits per heavy atom. The van der Waals surface area contributed by atoms with Crippen LogP contribution in [0.4, 0.5) is 5.82 Å². The first-order valence-electron chi connectivity index (χ1n) is 5.93. The predicted molar refractivity (Wildman–Crippen MR) is 72.0 cm³/mol. The van der Waals surface area contributed by atoms with Gasteiger partial charge in [0.25, 0.3) is 0 Å². The number of carbonyl (C=O) groups excluding carboxylic acids is 1. The molecule has 1 aliphatic rings. The molecule has 0 N–H and O–H groups in total. The second-order valence-electron chi connectivity index (χ2n) is 4.35. The number of benzene rings is 1.